The van der Waals surface area contributed by atoms with E-state index in [1.54, 1.807) is 30.0 Å². The number of anilines is 1. The van der Waals surface area contributed by atoms with Gasteiger partial charge in [0.1, 0.15) is 17.1 Å². The summed E-state index contributed by atoms with van der Waals surface area (Å²) in [7, 11) is 1.60. The molecule has 3 aromatic rings. The van der Waals surface area contributed by atoms with Crippen LogP contribution in [0.1, 0.15) is 0 Å². The molecule has 7 nitrogen and oxygen atoms in total. The van der Waals surface area contributed by atoms with Gasteiger partial charge < -0.3 is 19.9 Å². The van der Waals surface area contributed by atoms with E-state index in [0.717, 1.165) is 17.0 Å². The minimum absolute atomic E-state index is 0.242. The van der Waals surface area contributed by atoms with E-state index in [0.29, 0.717) is 22.9 Å². The fraction of sp³-hybridized carbons (Fsp3) is 0.125. The van der Waals surface area contributed by atoms with E-state index < -0.39 is 0 Å². The van der Waals surface area contributed by atoms with Crippen molar-refractivity contribution in [3.63, 3.8) is 0 Å². The van der Waals surface area contributed by atoms with Crippen LogP contribution in [0.2, 0.25) is 0 Å². The highest BCUT2D eigenvalue weighted by molar-refractivity contribution is 5.64. The van der Waals surface area contributed by atoms with Crippen molar-refractivity contribution in [2.45, 2.75) is 0 Å². The average molecular weight is 310 g/mol. The maximum Gasteiger partial charge on any atom is 0.231 e. The summed E-state index contributed by atoms with van der Waals surface area (Å²) in [6.07, 6.45) is 1.81. The molecule has 0 saturated heterocycles. The Bertz CT molecular complexity index is 876. The van der Waals surface area contributed by atoms with E-state index >= 15 is 0 Å². The third-order valence-electron chi connectivity index (χ3n) is 3.61. The lowest BCUT2D eigenvalue weighted by Gasteiger charge is -2.08. The molecular weight excluding hydrogens is 296 g/mol. The summed E-state index contributed by atoms with van der Waals surface area (Å²) in [5.74, 6) is 2.11. The second kappa shape index (κ2) is 5.20. The number of hydrogen-bond acceptors (Lipinski definition) is 6. The molecule has 1 aromatic heterocycles. The molecule has 0 bridgehead atoms. The first-order valence-electron chi connectivity index (χ1n) is 7.01. The van der Waals surface area contributed by atoms with Gasteiger partial charge in [-0.05, 0) is 36.4 Å². The average Bonchev–Trinajstić information content (AvgIpc) is 3.23. The SMILES string of the molecule is COc1ccc(N)cc1-n1cc(-c2ccc3c(c2)OCO3)nn1. The zero-order valence-corrected chi connectivity index (χ0v) is 12.4. The van der Waals surface area contributed by atoms with Gasteiger partial charge in [0.05, 0.1) is 13.3 Å². The number of hydrogen-bond donors (Lipinski definition) is 1. The first kappa shape index (κ1) is 13.4. The largest absolute Gasteiger partial charge is 0.494 e. The number of methoxy groups -OCH3 is 1. The van der Waals surface area contributed by atoms with Gasteiger partial charge in [-0.1, -0.05) is 5.21 Å². The number of ether oxygens (including phenoxy) is 3. The Kier molecular flexibility index (Phi) is 3.04. The van der Waals surface area contributed by atoms with Crippen LogP contribution >= 0.6 is 0 Å². The Morgan fingerprint density at radius 1 is 1.13 bits per heavy atom. The predicted octanol–water partition coefficient (Wildman–Crippen LogP) is 2.25. The molecule has 0 atom stereocenters. The molecule has 0 unspecified atom stereocenters. The summed E-state index contributed by atoms with van der Waals surface area (Å²) in [6.45, 7) is 0.242. The molecule has 0 saturated carbocycles. The van der Waals surface area contributed by atoms with Crippen molar-refractivity contribution in [2.75, 3.05) is 19.6 Å². The van der Waals surface area contributed by atoms with Crippen LogP contribution in [0.5, 0.6) is 17.2 Å². The first-order valence-corrected chi connectivity index (χ1v) is 7.01. The number of nitrogens with zero attached hydrogens (tertiary/aromatic N) is 3. The number of rotatable bonds is 3. The van der Waals surface area contributed by atoms with E-state index in [-0.39, 0.29) is 6.79 Å². The molecule has 2 N–H and O–H groups in total. The van der Waals surface area contributed by atoms with Crippen LogP contribution in [-0.2, 0) is 0 Å². The Balaban J connectivity index is 1.74. The van der Waals surface area contributed by atoms with E-state index in [1.165, 1.54) is 0 Å². The van der Waals surface area contributed by atoms with Crippen molar-refractivity contribution in [1.29, 1.82) is 0 Å². The number of benzene rings is 2. The van der Waals surface area contributed by atoms with Crippen LogP contribution in [0.15, 0.2) is 42.6 Å². The van der Waals surface area contributed by atoms with E-state index in [9.17, 15) is 0 Å². The van der Waals surface area contributed by atoms with Crippen LogP contribution < -0.4 is 19.9 Å². The third-order valence-corrected chi connectivity index (χ3v) is 3.61. The van der Waals surface area contributed by atoms with Crippen LogP contribution in [0, 0.1) is 0 Å². The molecule has 1 aliphatic heterocycles. The van der Waals surface area contributed by atoms with Crippen LogP contribution in [-0.4, -0.2) is 28.9 Å². The molecule has 1 aliphatic rings. The van der Waals surface area contributed by atoms with Gasteiger partial charge in [0.2, 0.25) is 6.79 Å². The summed E-state index contributed by atoms with van der Waals surface area (Å²) >= 11 is 0. The van der Waals surface area contributed by atoms with Gasteiger partial charge in [-0.15, -0.1) is 5.10 Å². The van der Waals surface area contributed by atoms with Gasteiger partial charge in [-0.3, -0.25) is 0 Å². The molecule has 0 radical (unpaired) electrons. The van der Waals surface area contributed by atoms with Gasteiger partial charge in [0, 0.05) is 11.3 Å². The summed E-state index contributed by atoms with van der Waals surface area (Å²) < 4.78 is 17.7. The summed E-state index contributed by atoms with van der Waals surface area (Å²) in [5, 5.41) is 8.38. The lowest BCUT2D eigenvalue weighted by Crippen LogP contribution is -2.00. The molecule has 23 heavy (non-hydrogen) atoms. The number of aromatic nitrogens is 3. The standard InChI is InChI=1S/C16H14N4O3/c1-21-14-5-3-11(17)7-13(14)20-8-12(18-19-20)10-2-4-15-16(6-10)23-9-22-15/h2-8H,9,17H2,1H3. The molecule has 0 spiro atoms. The second-order valence-corrected chi connectivity index (χ2v) is 5.05. The zero-order chi connectivity index (χ0) is 15.8. The van der Waals surface area contributed by atoms with Gasteiger partial charge in [0.25, 0.3) is 0 Å². The van der Waals surface area contributed by atoms with Crippen molar-refractivity contribution in [3.05, 3.63) is 42.6 Å². The Hall–Kier alpha value is -3.22. The van der Waals surface area contributed by atoms with Crippen LogP contribution in [0.25, 0.3) is 16.9 Å². The quantitative estimate of drug-likeness (QED) is 0.747. The predicted molar refractivity (Wildman–Crippen MR) is 83.9 cm³/mol. The highest BCUT2D eigenvalue weighted by atomic mass is 16.7. The molecule has 7 heteroatoms. The van der Waals surface area contributed by atoms with Gasteiger partial charge in [-0.25, -0.2) is 4.68 Å². The fourth-order valence-corrected chi connectivity index (χ4v) is 2.46. The molecule has 0 fully saturated rings. The Morgan fingerprint density at radius 3 is 2.87 bits per heavy atom. The maximum absolute atomic E-state index is 5.85. The number of nitrogens with two attached hydrogens (primary N) is 1. The van der Waals surface area contributed by atoms with Crippen molar-refractivity contribution in [1.82, 2.24) is 15.0 Å². The van der Waals surface area contributed by atoms with E-state index in [4.69, 9.17) is 19.9 Å². The topological polar surface area (TPSA) is 84.4 Å². The van der Waals surface area contributed by atoms with Gasteiger partial charge in [-0.2, -0.15) is 0 Å². The lowest BCUT2D eigenvalue weighted by atomic mass is 10.1. The summed E-state index contributed by atoms with van der Waals surface area (Å²) in [4.78, 5) is 0. The van der Waals surface area contributed by atoms with E-state index in [2.05, 4.69) is 10.3 Å². The van der Waals surface area contributed by atoms with Crippen molar-refractivity contribution >= 4 is 5.69 Å². The highest BCUT2D eigenvalue weighted by Crippen LogP contribution is 2.35. The summed E-state index contributed by atoms with van der Waals surface area (Å²) in [5.41, 5.74) is 8.81. The molecule has 116 valence electrons. The zero-order valence-electron chi connectivity index (χ0n) is 12.4. The normalized spacial score (nSPS) is 12.4. The highest BCUT2D eigenvalue weighted by Gasteiger charge is 2.16. The summed E-state index contributed by atoms with van der Waals surface area (Å²) in [6, 6.07) is 11.0. The monoisotopic (exact) mass is 310 g/mol. The van der Waals surface area contributed by atoms with Crippen molar-refractivity contribution < 1.29 is 14.2 Å². The first-order chi connectivity index (χ1) is 11.2. The smallest absolute Gasteiger partial charge is 0.231 e. The molecule has 0 aliphatic carbocycles. The Morgan fingerprint density at radius 2 is 2.00 bits per heavy atom. The van der Waals surface area contributed by atoms with Crippen LogP contribution in [0.4, 0.5) is 5.69 Å². The minimum Gasteiger partial charge on any atom is -0.494 e. The molecule has 4 rings (SSSR count). The molecule has 0 amide bonds. The van der Waals surface area contributed by atoms with Gasteiger partial charge >= 0.3 is 0 Å². The second-order valence-electron chi connectivity index (χ2n) is 5.05. The lowest BCUT2D eigenvalue weighted by molar-refractivity contribution is 0.174. The molecule has 2 heterocycles. The van der Waals surface area contributed by atoms with Crippen LogP contribution in [0.3, 0.4) is 0 Å². The number of fused-ring (bicyclic) bond motifs is 1. The van der Waals surface area contributed by atoms with Crippen molar-refractivity contribution in [2.24, 2.45) is 0 Å². The maximum atomic E-state index is 5.85. The molecular formula is C16H14N4O3. The molecule has 2 aromatic carbocycles. The number of nitrogen functional groups attached to an aromatic ring is 1. The fourth-order valence-electron chi connectivity index (χ4n) is 2.46. The van der Waals surface area contributed by atoms with E-state index in [1.807, 2.05) is 24.4 Å². The third kappa shape index (κ3) is 2.32. The minimum atomic E-state index is 0.242. The van der Waals surface area contributed by atoms with Gasteiger partial charge in [0.15, 0.2) is 11.5 Å². The van der Waals surface area contributed by atoms with Crippen molar-refractivity contribution in [3.8, 4) is 34.2 Å². The Labute approximate surface area is 132 Å².